The molecule has 35 heavy (non-hydrogen) atoms. The first-order valence-corrected chi connectivity index (χ1v) is 12.4. The van der Waals surface area contributed by atoms with Crippen LogP contribution in [0.5, 0.6) is 0 Å². The fraction of sp³-hybridized carbons (Fsp3) is 0.174. The molecule has 0 aliphatic rings. The van der Waals surface area contributed by atoms with E-state index in [2.05, 4.69) is 10.1 Å². The van der Waals surface area contributed by atoms with Crippen molar-refractivity contribution in [2.45, 2.75) is 18.1 Å². The Morgan fingerprint density at radius 2 is 1.74 bits per heavy atom. The van der Waals surface area contributed by atoms with E-state index >= 15 is 0 Å². The summed E-state index contributed by atoms with van der Waals surface area (Å²) in [5, 5.41) is 3.91. The quantitative estimate of drug-likeness (QED) is 0.329. The van der Waals surface area contributed by atoms with Crippen LogP contribution in [0.2, 0.25) is 5.02 Å². The van der Waals surface area contributed by atoms with Gasteiger partial charge in [0.1, 0.15) is 5.56 Å². The Labute approximate surface area is 203 Å². The second kappa shape index (κ2) is 8.97. The third-order valence-electron chi connectivity index (χ3n) is 5.09. The monoisotopic (exact) mass is 523 g/mol. The van der Waals surface area contributed by atoms with Gasteiger partial charge >= 0.3 is 12.1 Å². The molecule has 0 radical (unpaired) electrons. The fourth-order valence-electron chi connectivity index (χ4n) is 3.58. The van der Waals surface area contributed by atoms with E-state index in [1.54, 1.807) is 31.2 Å². The van der Waals surface area contributed by atoms with Crippen LogP contribution >= 0.6 is 11.6 Å². The van der Waals surface area contributed by atoms with Crippen molar-refractivity contribution < 1.29 is 31.1 Å². The third-order valence-corrected chi connectivity index (χ3v) is 6.41. The molecular weight excluding hydrogens is 507 g/mol. The Balaban J connectivity index is 2.12. The number of sulfone groups is 1. The summed E-state index contributed by atoms with van der Waals surface area (Å²) in [7, 11) is -4.02. The molecule has 7 nitrogen and oxygen atoms in total. The van der Waals surface area contributed by atoms with Crippen LogP contribution in [0.4, 0.5) is 13.2 Å². The second-order valence-corrected chi connectivity index (χ2v) is 9.82. The predicted molar refractivity (Wildman–Crippen MR) is 123 cm³/mol. The van der Waals surface area contributed by atoms with Crippen LogP contribution in [-0.2, 0) is 20.8 Å². The van der Waals surface area contributed by atoms with Crippen LogP contribution in [0, 0.1) is 0 Å². The van der Waals surface area contributed by atoms with E-state index in [-0.39, 0.29) is 29.1 Å². The second-order valence-electron chi connectivity index (χ2n) is 7.48. The number of carbonyl (C=O) groups is 1. The lowest BCUT2D eigenvalue weighted by molar-refractivity contribution is -0.137. The maximum atomic E-state index is 13.2. The molecule has 0 aliphatic carbocycles. The highest BCUT2D eigenvalue weighted by atomic mass is 35.5. The van der Waals surface area contributed by atoms with E-state index in [1.165, 1.54) is 18.3 Å². The number of alkyl halides is 3. The number of rotatable bonds is 5. The van der Waals surface area contributed by atoms with E-state index in [0.29, 0.717) is 16.1 Å². The summed E-state index contributed by atoms with van der Waals surface area (Å²) in [6.45, 7) is 1.53. The summed E-state index contributed by atoms with van der Waals surface area (Å²) in [6, 6.07) is 10.9. The topological polar surface area (TPSA) is 90.6 Å². The molecule has 0 atom stereocenters. The minimum absolute atomic E-state index is 0.0250. The van der Waals surface area contributed by atoms with Crippen LogP contribution in [-0.4, -0.2) is 41.8 Å². The minimum atomic E-state index is -4.55. The van der Waals surface area contributed by atoms with Gasteiger partial charge in [0, 0.05) is 34.2 Å². The van der Waals surface area contributed by atoms with Crippen LogP contribution in [0.1, 0.15) is 22.8 Å². The van der Waals surface area contributed by atoms with Gasteiger partial charge in [0.05, 0.1) is 17.9 Å². The van der Waals surface area contributed by atoms with Gasteiger partial charge in [-0.25, -0.2) is 22.7 Å². The standard InChI is InChI=1S/C23H17ClF3N3O4S/c1-3-34-22(31)18-20-28-12-16(15-6-4-5-7-17(15)24)19(30(20)29-21(18)35(2,32)33)13-8-10-14(11-9-13)23(25,26)27/h4-12H,3H2,1-2H3. The maximum Gasteiger partial charge on any atom is 0.416 e. The predicted octanol–water partition coefficient (Wildman–Crippen LogP) is 5.32. The zero-order valence-electron chi connectivity index (χ0n) is 18.3. The van der Waals surface area contributed by atoms with Gasteiger partial charge in [-0.1, -0.05) is 41.9 Å². The highest BCUT2D eigenvalue weighted by Gasteiger charge is 2.32. The van der Waals surface area contributed by atoms with Crippen molar-refractivity contribution in [1.82, 2.24) is 14.6 Å². The van der Waals surface area contributed by atoms with Gasteiger partial charge in [0.15, 0.2) is 20.5 Å². The molecule has 0 spiro atoms. The SMILES string of the molecule is CCOC(=O)c1c(S(C)(=O)=O)nn2c(-c3ccc(C(F)(F)F)cc3)c(-c3ccccc3Cl)cnc12. The lowest BCUT2D eigenvalue weighted by Crippen LogP contribution is -2.10. The molecule has 0 N–H and O–H groups in total. The molecule has 4 rings (SSSR count). The van der Waals surface area contributed by atoms with Crippen molar-refractivity contribution in [2.24, 2.45) is 0 Å². The summed E-state index contributed by atoms with van der Waals surface area (Å²) in [4.78, 5) is 16.9. The van der Waals surface area contributed by atoms with E-state index in [4.69, 9.17) is 16.3 Å². The van der Waals surface area contributed by atoms with Crippen molar-refractivity contribution in [3.63, 3.8) is 0 Å². The van der Waals surface area contributed by atoms with E-state index < -0.39 is 32.6 Å². The van der Waals surface area contributed by atoms with Gasteiger partial charge in [0.25, 0.3) is 0 Å². The van der Waals surface area contributed by atoms with Crippen molar-refractivity contribution in [1.29, 1.82) is 0 Å². The largest absolute Gasteiger partial charge is 0.462 e. The van der Waals surface area contributed by atoms with Crippen molar-refractivity contribution in [3.8, 4) is 22.4 Å². The Hall–Kier alpha value is -3.44. The number of benzene rings is 2. The summed E-state index contributed by atoms with van der Waals surface area (Å²) in [5.41, 5.74) is -0.0675. The fourth-order valence-corrected chi connectivity index (χ4v) is 4.59. The summed E-state index contributed by atoms with van der Waals surface area (Å²) in [6.07, 6.45) is -2.31. The number of aromatic nitrogens is 3. The first kappa shape index (κ1) is 24.7. The first-order chi connectivity index (χ1) is 16.4. The first-order valence-electron chi connectivity index (χ1n) is 10.1. The van der Waals surface area contributed by atoms with E-state index in [0.717, 1.165) is 22.9 Å². The lowest BCUT2D eigenvalue weighted by atomic mass is 9.99. The maximum absolute atomic E-state index is 13.2. The van der Waals surface area contributed by atoms with Gasteiger partial charge in [-0.2, -0.15) is 18.3 Å². The lowest BCUT2D eigenvalue weighted by Gasteiger charge is -2.14. The molecule has 0 fully saturated rings. The number of hydrogen-bond donors (Lipinski definition) is 0. The number of nitrogens with zero attached hydrogens (tertiary/aromatic N) is 3. The third kappa shape index (κ3) is 4.61. The molecule has 0 amide bonds. The van der Waals surface area contributed by atoms with Crippen LogP contribution in [0.25, 0.3) is 28.0 Å². The van der Waals surface area contributed by atoms with Crippen LogP contribution < -0.4 is 0 Å². The van der Waals surface area contributed by atoms with Gasteiger partial charge in [-0.3, -0.25) is 0 Å². The van der Waals surface area contributed by atoms with E-state index in [1.807, 2.05) is 0 Å². The zero-order valence-corrected chi connectivity index (χ0v) is 19.9. The molecule has 0 saturated carbocycles. The highest BCUT2D eigenvalue weighted by Crippen LogP contribution is 2.38. The molecule has 0 bridgehead atoms. The normalized spacial score (nSPS) is 12.2. The smallest absolute Gasteiger partial charge is 0.416 e. The van der Waals surface area contributed by atoms with Crippen molar-refractivity contribution in [3.05, 3.63) is 70.9 Å². The summed E-state index contributed by atoms with van der Waals surface area (Å²) >= 11 is 6.38. The summed E-state index contributed by atoms with van der Waals surface area (Å²) < 4.78 is 70.6. The van der Waals surface area contributed by atoms with Crippen molar-refractivity contribution in [2.75, 3.05) is 12.9 Å². The Bertz CT molecular complexity index is 1550. The molecule has 182 valence electrons. The molecule has 2 aromatic heterocycles. The number of hydrogen-bond acceptors (Lipinski definition) is 6. The number of ether oxygens (including phenoxy) is 1. The molecular formula is C23H17ClF3N3O4S. The number of carbonyl (C=O) groups excluding carboxylic acids is 1. The average molecular weight is 524 g/mol. The number of fused-ring (bicyclic) bond motifs is 1. The van der Waals surface area contributed by atoms with Crippen LogP contribution in [0.15, 0.2) is 59.8 Å². The zero-order chi connectivity index (χ0) is 25.5. The van der Waals surface area contributed by atoms with Crippen LogP contribution in [0.3, 0.4) is 0 Å². The van der Waals surface area contributed by atoms with E-state index in [9.17, 15) is 26.4 Å². The van der Waals surface area contributed by atoms with Gasteiger partial charge in [-0.15, -0.1) is 0 Å². The van der Waals surface area contributed by atoms with Gasteiger partial charge < -0.3 is 4.74 Å². The Morgan fingerprint density at radius 3 is 2.31 bits per heavy atom. The molecule has 2 aromatic carbocycles. The Morgan fingerprint density at radius 1 is 1.09 bits per heavy atom. The summed E-state index contributed by atoms with van der Waals surface area (Å²) in [5.74, 6) is -0.945. The molecule has 2 heterocycles. The molecule has 0 unspecified atom stereocenters. The average Bonchev–Trinajstić information content (AvgIpc) is 3.19. The Kier molecular flexibility index (Phi) is 6.32. The molecule has 0 saturated heterocycles. The number of esters is 1. The molecule has 4 aromatic rings. The minimum Gasteiger partial charge on any atom is -0.462 e. The highest BCUT2D eigenvalue weighted by molar-refractivity contribution is 7.90. The van der Waals surface area contributed by atoms with Gasteiger partial charge in [-0.05, 0) is 25.1 Å². The van der Waals surface area contributed by atoms with Crippen molar-refractivity contribution >= 4 is 33.1 Å². The molecule has 12 heteroatoms. The van der Waals surface area contributed by atoms with Gasteiger partial charge in [0.2, 0.25) is 0 Å². The molecule has 0 aliphatic heterocycles. The number of halogens is 4.